The first-order valence-corrected chi connectivity index (χ1v) is 8.15. The first-order chi connectivity index (χ1) is 11.2. The zero-order valence-electron chi connectivity index (χ0n) is 12.6. The van der Waals surface area contributed by atoms with Crippen molar-refractivity contribution in [2.45, 2.75) is 13.5 Å². The van der Waals surface area contributed by atoms with Crippen molar-refractivity contribution in [2.24, 2.45) is 0 Å². The molecule has 0 saturated heterocycles. The molecule has 0 spiro atoms. The first kappa shape index (κ1) is 15.7. The number of hydrogen-bond donors (Lipinski definition) is 0. The average molecular weight is 418 g/mol. The Bertz CT molecular complexity index is 814. The fourth-order valence-corrected chi connectivity index (χ4v) is 2.81. The number of carbonyl (C=O) groups is 1. The first-order valence-electron chi connectivity index (χ1n) is 7.19. The summed E-state index contributed by atoms with van der Waals surface area (Å²) in [6.07, 6.45) is 0. The molecule has 0 fully saturated rings. The van der Waals surface area contributed by atoms with Crippen molar-refractivity contribution >= 4 is 28.8 Å². The Morgan fingerprint density at radius 3 is 2.35 bits per heavy atom. The van der Waals surface area contributed by atoms with Gasteiger partial charge in [0.1, 0.15) is 18.1 Å². The molecule has 0 atom stereocenters. The number of halogens is 1. The molecule has 116 valence electrons. The highest BCUT2D eigenvalue weighted by molar-refractivity contribution is 14.1. The van der Waals surface area contributed by atoms with E-state index in [0.717, 1.165) is 17.0 Å². The maximum atomic E-state index is 12.6. The van der Waals surface area contributed by atoms with Crippen molar-refractivity contribution in [1.29, 1.82) is 0 Å². The van der Waals surface area contributed by atoms with Gasteiger partial charge in [0.15, 0.2) is 5.69 Å². The molecule has 1 heterocycles. The summed E-state index contributed by atoms with van der Waals surface area (Å²) in [6.45, 7) is 2.11. The van der Waals surface area contributed by atoms with Gasteiger partial charge in [0.2, 0.25) is 0 Å². The van der Waals surface area contributed by atoms with Gasteiger partial charge >= 0.3 is 5.97 Å². The average Bonchev–Trinajstić information content (AvgIpc) is 2.90. The van der Waals surface area contributed by atoms with E-state index in [9.17, 15) is 4.79 Å². The summed E-state index contributed by atoms with van der Waals surface area (Å²) in [5.41, 5.74) is 2.97. The number of carbonyl (C=O) groups excluding carboxylic acids is 1. The van der Waals surface area contributed by atoms with E-state index in [0.29, 0.717) is 11.4 Å². The van der Waals surface area contributed by atoms with Crippen molar-refractivity contribution < 1.29 is 9.53 Å². The van der Waals surface area contributed by atoms with Crippen LogP contribution in [0.1, 0.15) is 21.9 Å². The van der Waals surface area contributed by atoms with Gasteiger partial charge in [-0.1, -0.05) is 60.7 Å². The predicted molar refractivity (Wildman–Crippen MR) is 97.4 cm³/mol. The molecule has 4 nitrogen and oxygen atoms in total. The highest BCUT2D eigenvalue weighted by Crippen LogP contribution is 2.26. The van der Waals surface area contributed by atoms with Gasteiger partial charge < -0.3 is 4.74 Å². The van der Waals surface area contributed by atoms with Crippen LogP contribution in [0.5, 0.6) is 0 Å². The molecule has 0 amide bonds. The second-order valence-electron chi connectivity index (χ2n) is 5.06. The number of imidazole rings is 1. The van der Waals surface area contributed by atoms with Gasteiger partial charge in [0.05, 0.1) is 22.9 Å². The van der Waals surface area contributed by atoms with Gasteiger partial charge in [-0.15, -0.1) is 0 Å². The van der Waals surface area contributed by atoms with Crippen LogP contribution in [0.25, 0.3) is 11.3 Å². The van der Waals surface area contributed by atoms with Crippen LogP contribution in [0.2, 0.25) is 0 Å². The molecule has 0 bridgehead atoms. The number of benzene rings is 2. The molecule has 0 unspecified atom stereocenters. The summed E-state index contributed by atoms with van der Waals surface area (Å²) in [5.74, 6) is 0.388. The van der Waals surface area contributed by atoms with Gasteiger partial charge in [-0.2, -0.15) is 0 Å². The van der Waals surface area contributed by atoms with Gasteiger partial charge in [-0.25, -0.2) is 9.78 Å². The van der Waals surface area contributed by atoms with E-state index in [1.165, 1.54) is 0 Å². The summed E-state index contributed by atoms with van der Waals surface area (Å²) in [7, 11) is 0. The van der Waals surface area contributed by atoms with Gasteiger partial charge in [-0.3, -0.25) is 2.78 Å². The minimum Gasteiger partial charge on any atom is -0.456 e. The number of aromatic nitrogens is 2. The monoisotopic (exact) mass is 418 g/mol. The molecular weight excluding hydrogens is 403 g/mol. The lowest BCUT2D eigenvalue weighted by Gasteiger charge is -2.07. The number of ether oxygens (including phenoxy) is 1. The Morgan fingerprint density at radius 2 is 1.70 bits per heavy atom. The molecule has 3 aromatic rings. The van der Waals surface area contributed by atoms with Crippen molar-refractivity contribution in [3.05, 3.63) is 77.7 Å². The molecule has 0 N–H and O–H groups in total. The molecule has 0 radical (unpaired) electrons. The Kier molecular flexibility index (Phi) is 4.76. The predicted octanol–water partition coefficient (Wildman–Crippen LogP) is 4.41. The zero-order chi connectivity index (χ0) is 16.2. The fraction of sp³-hybridized carbons (Fsp3) is 0.111. The number of aryl methyl sites for hydroxylation is 1. The Labute approximate surface area is 148 Å². The lowest BCUT2D eigenvalue weighted by atomic mass is 10.1. The number of rotatable bonds is 4. The third-order valence-corrected chi connectivity index (χ3v) is 4.61. The van der Waals surface area contributed by atoms with E-state index < -0.39 is 0 Å². The van der Waals surface area contributed by atoms with Crippen LogP contribution in [0.15, 0.2) is 60.7 Å². The standard InChI is InChI=1S/C18H15IN2O2/c1-13-20-16(15-10-6-3-7-11-15)17(21(13)19)18(22)23-12-14-8-4-2-5-9-14/h2-11H,12H2,1H3. The third-order valence-electron chi connectivity index (χ3n) is 3.43. The topological polar surface area (TPSA) is 44.1 Å². The quantitative estimate of drug-likeness (QED) is 0.466. The molecule has 23 heavy (non-hydrogen) atoms. The minimum absolute atomic E-state index is 0.245. The summed E-state index contributed by atoms with van der Waals surface area (Å²) < 4.78 is 7.21. The van der Waals surface area contributed by atoms with E-state index >= 15 is 0 Å². The van der Waals surface area contributed by atoms with Gasteiger partial charge in [0, 0.05) is 5.56 Å². The summed E-state index contributed by atoms with van der Waals surface area (Å²) in [5, 5.41) is 0. The van der Waals surface area contributed by atoms with Gasteiger partial charge in [-0.05, 0) is 12.5 Å². The van der Waals surface area contributed by atoms with E-state index in [1.54, 1.807) is 2.78 Å². The van der Waals surface area contributed by atoms with Crippen molar-refractivity contribution in [1.82, 2.24) is 7.76 Å². The summed E-state index contributed by atoms with van der Waals surface area (Å²) in [4.78, 5) is 17.1. The number of nitrogens with zero attached hydrogens (tertiary/aromatic N) is 2. The van der Waals surface area contributed by atoms with Crippen LogP contribution in [-0.4, -0.2) is 13.7 Å². The maximum Gasteiger partial charge on any atom is 0.358 e. The van der Waals surface area contributed by atoms with Crippen molar-refractivity contribution in [3.63, 3.8) is 0 Å². The van der Waals surface area contributed by atoms with Crippen molar-refractivity contribution in [2.75, 3.05) is 0 Å². The van der Waals surface area contributed by atoms with Crippen LogP contribution in [0.4, 0.5) is 0 Å². The normalized spacial score (nSPS) is 10.5. The Morgan fingerprint density at radius 1 is 1.09 bits per heavy atom. The molecule has 1 aromatic heterocycles. The number of esters is 1. The highest BCUT2D eigenvalue weighted by Gasteiger charge is 2.22. The lowest BCUT2D eigenvalue weighted by Crippen LogP contribution is -2.09. The van der Waals surface area contributed by atoms with Crippen LogP contribution in [-0.2, 0) is 11.3 Å². The zero-order valence-corrected chi connectivity index (χ0v) is 14.7. The summed E-state index contributed by atoms with van der Waals surface area (Å²) >= 11 is 2.08. The smallest absolute Gasteiger partial charge is 0.358 e. The highest BCUT2D eigenvalue weighted by atomic mass is 127. The molecule has 0 saturated carbocycles. The van der Waals surface area contributed by atoms with Crippen LogP contribution >= 0.6 is 22.9 Å². The summed E-state index contributed by atoms with van der Waals surface area (Å²) in [6, 6.07) is 19.3. The van der Waals surface area contributed by atoms with E-state index in [4.69, 9.17) is 4.74 Å². The Hall–Kier alpha value is -2.15. The minimum atomic E-state index is -0.372. The SMILES string of the molecule is Cc1nc(-c2ccccc2)c(C(=O)OCc2ccccc2)n1I. The van der Waals surface area contributed by atoms with Crippen LogP contribution in [0, 0.1) is 6.92 Å². The second-order valence-corrected chi connectivity index (χ2v) is 6.03. The third kappa shape index (κ3) is 3.44. The second kappa shape index (κ2) is 6.95. The molecular formula is C18H15IN2O2. The van der Waals surface area contributed by atoms with Gasteiger partial charge in [0.25, 0.3) is 0 Å². The lowest BCUT2D eigenvalue weighted by molar-refractivity contribution is 0.0466. The molecule has 0 aliphatic rings. The van der Waals surface area contributed by atoms with Crippen LogP contribution < -0.4 is 0 Å². The molecule has 2 aromatic carbocycles. The van der Waals surface area contributed by atoms with E-state index in [2.05, 4.69) is 27.8 Å². The fourth-order valence-electron chi connectivity index (χ4n) is 2.28. The van der Waals surface area contributed by atoms with Crippen LogP contribution in [0.3, 0.4) is 0 Å². The molecule has 0 aliphatic heterocycles. The molecule has 5 heteroatoms. The molecule has 0 aliphatic carbocycles. The number of hydrogen-bond acceptors (Lipinski definition) is 3. The largest absolute Gasteiger partial charge is 0.456 e. The Balaban J connectivity index is 1.88. The maximum absolute atomic E-state index is 12.6. The van der Waals surface area contributed by atoms with E-state index in [-0.39, 0.29) is 12.6 Å². The van der Waals surface area contributed by atoms with Crippen molar-refractivity contribution in [3.8, 4) is 11.3 Å². The molecule has 3 rings (SSSR count). The van der Waals surface area contributed by atoms with E-state index in [1.807, 2.05) is 67.6 Å².